The molecule has 4 rings (SSSR count). The highest BCUT2D eigenvalue weighted by Gasteiger charge is 2.34. The number of likely N-dealkylation sites (tertiary alicyclic amines) is 1. The summed E-state index contributed by atoms with van der Waals surface area (Å²) in [6.07, 6.45) is 8.02. The number of rotatable bonds is 2. The van der Waals surface area contributed by atoms with Gasteiger partial charge in [0.05, 0.1) is 16.3 Å². The number of nitrogens with zero attached hydrogens (tertiary/aromatic N) is 2. The molecule has 1 aromatic carbocycles. The van der Waals surface area contributed by atoms with Crippen LogP contribution in [0.2, 0.25) is 0 Å². The Morgan fingerprint density at radius 1 is 1.09 bits per heavy atom. The van der Waals surface area contributed by atoms with Gasteiger partial charge < -0.3 is 4.90 Å². The van der Waals surface area contributed by atoms with Gasteiger partial charge in [-0.25, -0.2) is 4.98 Å². The fourth-order valence-electron chi connectivity index (χ4n) is 3.89. The van der Waals surface area contributed by atoms with Crippen LogP contribution in [-0.4, -0.2) is 22.3 Å². The van der Waals surface area contributed by atoms with Gasteiger partial charge in [-0.15, -0.1) is 11.3 Å². The van der Waals surface area contributed by atoms with E-state index in [1.54, 1.807) is 11.3 Å². The molecule has 3 nitrogen and oxygen atoms in total. The van der Waals surface area contributed by atoms with Crippen LogP contribution in [-0.2, 0) is 4.79 Å². The summed E-state index contributed by atoms with van der Waals surface area (Å²) in [5, 5.41) is 1.13. The van der Waals surface area contributed by atoms with E-state index in [0.717, 1.165) is 42.8 Å². The maximum atomic E-state index is 12.9. The zero-order chi connectivity index (χ0) is 14.9. The van der Waals surface area contributed by atoms with Crippen molar-refractivity contribution < 1.29 is 4.79 Å². The van der Waals surface area contributed by atoms with Gasteiger partial charge in [0.25, 0.3) is 0 Å². The average Bonchev–Trinajstić information content (AvgIpc) is 3.23. The van der Waals surface area contributed by atoms with Gasteiger partial charge in [-0.3, -0.25) is 4.79 Å². The molecule has 116 valence electrons. The third-order valence-electron chi connectivity index (χ3n) is 5.09. The quantitative estimate of drug-likeness (QED) is 0.815. The fraction of sp³-hybridized carbons (Fsp3) is 0.556. The van der Waals surface area contributed by atoms with Crippen LogP contribution in [0, 0.1) is 5.92 Å². The molecular weight excluding hydrogens is 292 g/mol. The van der Waals surface area contributed by atoms with Crippen molar-refractivity contribution in [2.45, 2.75) is 51.0 Å². The van der Waals surface area contributed by atoms with E-state index in [0.29, 0.717) is 5.91 Å². The Morgan fingerprint density at radius 2 is 1.86 bits per heavy atom. The van der Waals surface area contributed by atoms with Crippen LogP contribution in [0.15, 0.2) is 24.3 Å². The van der Waals surface area contributed by atoms with Gasteiger partial charge in [0, 0.05) is 12.5 Å². The number of hydrogen-bond acceptors (Lipinski definition) is 3. The summed E-state index contributed by atoms with van der Waals surface area (Å²) in [5.74, 6) is 0.663. The highest BCUT2D eigenvalue weighted by Crippen LogP contribution is 2.38. The number of aromatic nitrogens is 1. The number of thiazole rings is 1. The number of carbonyl (C=O) groups excluding carboxylic acids is 1. The van der Waals surface area contributed by atoms with Gasteiger partial charge in [-0.2, -0.15) is 0 Å². The monoisotopic (exact) mass is 314 g/mol. The van der Waals surface area contributed by atoms with Gasteiger partial charge in [0.15, 0.2) is 0 Å². The predicted molar refractivity (Wildman–Crippen MR) is 89.9 cm³/mol. The number of hydrogen-bond donors (Lipinski definition) is 0. The number of piperidine rings is 1. The second-order valence-corrected chi connectivity index (χ2v) is 7.61. The standard InChI is InChI=1S/C18H22N2OS/c21-18(13-7-1-2-8-13)20-12-6-5-10-15(20)17-19-14-9-3-4-11-16(14)22-17/h3-4,9,11,13,15H,1-2,5-8,10,12H2/t15-/m1/s1. The number of benzene rings is 1. The topological polar surface area (TPSA) is 33.2 Å². The van der Waals surface area contributed by atoms with E-state index in [4.69, 9.17) is 4.98 Å². The maximum absolute atomic E-state index is 12.9. The first-order valence-corrected chi connectivity index (χ1v) is 9.30. The largest absolute Gasteiger partial charge is 0.333 e. The Bertz CT molecular complexity index is 642. The molecule has 22 heavy (non-hydrogen) atoms. The SMILES string of the molecule is O=C(C1CCCC1)N1CCCC[C@@H]1c1nc2ccccc2s1. The lowest BCUT2D eigenvalue weighted by Gasteiger charge is -2.36. The van der Waals surface area contributed by atoms with Gasteiger partial charge in [-0.05, 0) is 44.2 Å². The van der Waals surface area contributed by atoms with Gasteiger partial charge in [0.2, 0.25) is 5.91 Å². The summed E-state index contributed by atoms with van der Waals surface area (Å²) >= 11 is 1.76. The molecule has 0 bridgehead atoms. The molecule has 1 aliphatic heterocycles. The molecule has 1 saturated carbocycles. The number of carbonyl (C=O) groups is 1. The van der Waals surface area contributed by atoms with Crippen LogP contribution < -0.4 is 0 Å². The van der Waals surface area contributed by atoms with E-state index >= 15 is 0 Å². The van der Waals surface area contributed by atoms with Gasteiger partial charge in [0.1, 0.15) is 5.01 Å². The third kappa shape index (κ3) is 2.54. The molecule has 0 spiro atoms. The van der Waals surface area contributed by atoms with Crippen molar-refractivity contribution in [1.82, 2.24) is 9.88 Å². The highest BCUT2D eigenvalue weighted by molar-refractivity contribution is 7.18. The Kier molecular flexibility index (Phi) is 3.87. The summed E-state index contributed by atoms with van der Waals surface area (Å²) in [7, 11) is 0. The second-order valence-electron chi connectivity index (χ2n) is 6.54. The normalized spacial score (nSPS) is 23.3. The minimum Gasteiger partial charge on any atom is -0.333 e. The summed E-state index contributed by atoms with van der Waals surface area (Å²) in [6.45, 7) is 0.913. The Morgan fingerprint density at radius 3 is 2.68 bits per heavy atom. The Labute approximate surface area is 135 Å². The van der Waals surface area contributed by atoms with Crippen LogP contribution in [0.4, 0.5) is 0 Å². The van der Waals surface area contributed by atoms with Crippen molar-refractivity contribution in [2.24, 2.45) is 5.92 Å². The van der Waals surface area contributed by atoms with Crippen molar-refractivity contribution in [3.05, 3.63) is 29.3 Å². The minimum atomic E-state index is 0.208. The molecule has 0 radical (unpaired) electrons. The summed E-state index contributed by atoms with van der Waals surface area (Å²) < 4.78 is 1.23. The molecule has 1 aromatic heterocycles. The Hall–Kier alpha value is -1.42. The first-order chi connectivity index (χ1) is 10.8. The maximum Gasteiger partial charge on any atom is 0.226 e. The number of fused-ring (bicyclic) bond motifs is 1. The van der Waals surface area contributed by atoms with Crippen LogP contribution in [0.5, 0.6) is 0 Å². The first kappa shape index (κ1) is 14.2. The van der Waals surface area contributed by atoms with Crippen molar-refractivity contribution >= 4 is 27.5 Å². The van der Waals surface area contributed by atoms with Gasteiger partial charge in [-0.1, -0.05) is 25.0 Å². The van der Waals surface area contributed by atoms with Crippen molar-refractivity contribution in [1.29, 1.82) is 0 Å². The van der Waals surface area contributed by atoms with E-state index in [2.05, 4.69) is 23.1 Å². The van der Waals surface area contributed by atoms with Crippen molar-refractivity contribution in [3.8, 4) is 0 Å². The van der Waals surface area contributed by atoms with Gasteiger partial charge >= 0.3 is 0 Å². The van der Waals surface area contributed by atoms with E-state index in [-0.39, 0.29) is 12.0 Å². The van der Waals surface area contributed by atoms with E-state index in [1.807, 2.05) is 6.07 Å². The molecule has 0 unspecified atom stereocenters. The number of amides is 1. The number of para-hydroxylation sites is 1. The molecular formula is C18H22N2OS. The third-order valence-corrected chi connectivity index (χ3v) is 6.22. The van der Waals surface area contributed by atoms with Crippen LogP contribution in [0.25, 0.3) is 10.2 Å². The zero-order valence-electron chi connectivity index (χ0n) is 12.8. The van der Waals surface area contributed by atoms with E-state index in [1.165, 1.54) is 24.0 Å². The van der Waals surface area contributed by atoms with Crippen LogP contribution in [0.1, 0.15) is 56.0 Å². The molecule has 2 aliphatic rings. The lowest BCUT2D eigenvalue weighted by Crippen LogP contribution is -2.41. The molecule has 4 heteroatoms. The summed E-state index contributed by atoms with van der Waals surface area (Å²) in [6, 6.07) is 8.50. The fourth-order valence-corrected chi connectivity index (χ4v) is 5.01. The van der Waals surface area contributed by atoms with E-state index < -0.39 is 0 Å². The lowest BCUT2D eigenvalue weighted by molar-refractivity contribution is -0.139. The molecule has 2 aromatic rings. The smallest absolute Gasteiger partial charge is 0.226 e. The lowest BCUT2D eigenvalue weighted by atomic mass is 9.98. The molecule has 0 N–H and O–H groups in total. The summed E-state index contributed by atoms with van der Waals surface area (Å²) in [5.41, 5.74) is 1.07. The molecule has 1 atom stereocenters. The first-order valence-electron chi connectivity index (χ1n) is 8.49. The van der Waals surface area contributed by atoms with Crippen LogP contribution in [0.3, 0.4) is 0 Å². The Balaban J connectivity index is 1.63. The second kappa shape index (κ2) is 5.99. The molecule has 2 fully saturated rings. The van der Waals surface area contributed by atoms with Crippen molar-refractivity contribution in [2.75, 3.05) is 6.54 Å². The molecule has 1 saturated heterocycles. The van der Waals surface area contributed by atoms with E-state index in [9.17, 15) is 4.79 Å². The summed E-state index contributed by atoms with van der Waals surface area (Å²) in [4.78, 5) is 19.9. The molecule has 1 aliphatic carbocycles. The highest BCUT2D eigenvalue weighted by atomic mass is 32.1. The van der Waals surface area contributed by atoms with Crippen LogP contribution >= 0.6 is 11.3 Å². The predicted octanol–water partition coefficient (Wildman–Crippen LogP) is 4.54. The van der Waals surface area contributed by atoms with Crippen molar-refractivity contribution in [3.63, 3.8) is 0 Å². The molecule has 2 heterocycles. The molecule has 1 amide bonds. The zero-order valence-corrected chi connectivity index (χ0v) is 13.6. The minimum absolute atomic E-state index is 0.208. The average molecular weight is 314 g/mol.